The molecule has 2 unspecified atom stereocenters. The Morgan fingerprint density at radius 2 is 1.90 bits per heavy atom. The molecule has 4 nitrogen and oxygen atoms in total. The third-order valence-electron chi connectivity index (χ3n) is 3.57. The van der Waals surface area contributed by atoms with Crippen LogP contribution in [-0.2, 0) is 9.53 Å². The van der Waals surface area contributed by atoms with Gasteiger partial charge in [0.25, 0.3) is 0 Å². The maximum Gasteiger partial charge on any atom is 0.241 e. The first-order valence-electron chi connectivity index (χ1n) is 7.67. The summed E-state index contributed by atoms with van der Waals surface area (Å²) in [5.74, 6) is 0.297. The first-order chi connectivity index (χ1) is 9.95. The van der Waals surface area contributed by atoms with Crippen molar-refractivity contribution in [3.63, 3.8) is 0 Å². The van der Waals surface area contributed by atoms with E-state index in [1.807, 2.05) is 38.1 Å². The Balaban J connectivity index is 2.44. The molecule has 1 aromatic carbocycles. The van der Waals surface area contributed by atoms with Crippen LogP contribution in [0.5, 0.6) is 0 Å². The van der Waals surface area contributed by atoms with E-state index in [-0.39, 0.29) is 12.0 Å². The number of aryl methyl sites for hydroxylation is 1. The second-order valence-corrected chi connectivity index (χ2v) is 5.71. The summed E-state index contributed by atoms with van der Waals surface area (Å²) in [6.45, 7) is 9.53. The van der Waals surface area contributed by atoms with Crippen LogP contribution in [0.15, 0.2) is 24.3 Å². The summed E-state index contributed by atoms with van der Waals surface area (Å²) in [6.07, 6.45) is 0.976. The molecule has 118 valence electrons. The fourth-order valence-corrected chi connectivity index (χ4v) is 2.20. The van der Waals surface area contributed by atoms with Crippen molar-refractivity contribution in [3.8, 4) is 0 Å². The maximum atomic E-state index is 12.1. The molecule has 0 aliphatic rings. The van der Waals surface area contributed by atoms with Crippen molar-refractivity contribution in [2.24, 2.45) is 11.7 Å². The highest BCUT2D eigenvalue weighted by atomic mass is 16.5. The first-order valence-corrected chi connectivity index (χ1v) is 7.67. The molecule has 4 heteroatoms. The van der Waals surface area contributed by atoms with Crippen molar-refractivity contribution in [3.05, 3.63) is 35.4 Å². The van der Waals surface area contributed by atoms with Crippen molar-refractivity contribution < 1.29 is 9.53 Å². The van der Waals surface area contributed by atoms with E-state index >= 15 is 0 Å². The first kappa shape index (κ1) is 17.7. The minimum atomic E-state index is -0.616. The van der Waals surface area contributed by atoms with Crippen LogP contribution in [0, 0.1) is 12.8 Å². The number of hydrogen-bond acceptors (Lipinski definition) is 3. The van der Waals surface area contributed by atoms with Crippen LogP contribution in [0.2, 0.25) is 0 Å². The molecule has 0 aliphatic heterocycles. The minimum absolute atomic E-state index is 0.141. The van der Waals surface area contributed by atoms with Crippen molar-refractivity contribution in [1.29, 1.82) is 0 Å². The number of nitrogens with two attached hydrogens (primary N) is 1. The number of benzene rings is 1. The van der Waals surface area contributed by atoms with Gasteiger partial charge in [0.2, 0.25) is 5.91 Å². The van der Waals surface area contributed by atoms with Crippen LogP contribution in [0.3, 0.4) is 0 Å². The number of carbonyl (C=O) groups is 1. The van der Waals surface area contributed by atoms with Crippen molar-refractivity contribution in [2.75, 3.05) is 13.2 Å². The summed E-state index contributed by atoms with van der Waals surface area (Å²) in [4.78, 5) is 12.1. The van der Waals surface area contributed by atoms with E-state index in [2.05, 4.69) is 19.2 Å². The molecular weight excluding hydrogens is 264 g/mol. The fraction of sp³-hybridized carbons (Fsp3) is 0.588. The lowest BCUT2D eigenvalue weighted by Crippen LogP contribution is -2.36. The Hall–Kier alpha value is -1.39. The van der Waals surface area contributed by atoms with Gasteiger partial charge in [-0.1, -0.05) is 43.7 Å². The second-order valence-electron chi connectivity index (χ2n) is 5.71. The van der Waals surface area contributed by atoms with E-state index in [0.29, 0.717) is 19.1 Å². The normalized spacial score (nSPS) is 14.0. The Morgan fingerprint density at radius 3 is 2.43 bits per heavy atom. The Morgan fingerprint density at radius 1 is 1.29 bits per heavy atom. The Labute approximate surface area is 128 Å². The summed E-state index contributed by atoms with van der Waals surface area (Å²) in [5.41, 5.74) is 7.97. The summed E-state index contributed by atoms with van der Waals surface area (Å²) in [7, 11) is 0. The van der Waals surface area contributed by atoms with Crippen molar-refractivity contribution in [2.45, 2.75) is 46.3 Å². The van der Waals surface area contributed by atoms with Gasteiger partial charge in [0.1, 0.15) is 6.04 Å². The monoisotopic (exact) mass is 292 g/mol. The molecule has 0 aromatic heterocycles. The lowest BCUT2D eigenvalue weighted by atomic mass is 10.0. The fourth-order valence-electron chi connectivity index (χ4n) is 2.20. The summed E-state index contributed by atoms with van der Waals surface area (Å²) >= 11 is 0. The highest BCUT2D eigenvalue weighted by Gasteiger charge is 2.17. The number of carbonyl (C=O) groups excluding carboxylic acids is 1. The highest BCUT2D eigenvalue weighted by Crippen LogP contribution is 2.13. The van der Waals surface area contributed by atoms with E-state index in [9.17, 15) is 4.79 Å². The molecule has 0 saturated heterocycles. The number of hydrogen-bond donors (Lipinski definition) is 2. The van der Waals surface area contributed by atoms with Gasteiger partial charge >= 0.3 is 0 Å². The van der Waals surface area contributed by atoms with Crippen molar-refractivity contribution in [1.82, 2.24) is 5.32 Å². The van der Waals surface area contributed by atoms with Gasteiger partial charge in [-0.15, -0.1) is 0 Å². The smallest absolute Gasteiger partial charge is 0.241 e. The molecule has 3 N–H and O–H groups in total. The third-order valence-corrected chi connectivity index (χ3v) is 3.57. The van der Waals surface area contributed by atoms with E-state index in [0.717, 1.165) is 17.5 Å². The zero-order chi connectivity index (χ0) is 15.8. The molecule has 0 bridgehead atoms. The molecular formula is C17H28N2O2. The van der Waals surface area contributed by atoms with Crippen molar-refractivity contribution >= 4 is 5.91 Å². The molecule has 21 heavy (non-hydrogen) atoms. The number of rotatable bonds is 8. The quantitative estimate of drug-likeness (QED) is 0.774. The maximum absolute atomic E-state index is 12.1. The predicted octanol–water partition coefficient (Wildman–Crippen LogP) is 2.56. The molecule has 0 heterocycles. The zero-order valence-corrected chi connectivity index (χ0v) is 13.6. The Bertz CT molecular complexity index is 429. The number of ether oxygens (including phenoxy) is 1. The summed E-state index contributed by atoms with van der Waals surface area (Å²) < 4.78 is 5.66. The Kier molecular flexibility index (Phi) is 7.40. The highest BCUT2D eigenvalue weighted by molar-refractivity contribution is 5.82. The third kappa shape index (κ3) is 5.86. The average Bonchev–Trinajstić information content (AvgIpc) is 2.46. The summed E-state index contributed by atoms with van der Waals surface area (Å²) in [6, 6.07) is 7.11. The molecule has 0 saturated carbocycles. The number of amides is 1. The largest absolute Gasteiger partial charge is 0.378 e. The van der Waals surface area contributed by atoms with Gasteiger partial charge in [-0.25, -0.2) is 0 Å². The summed E-state index contributed by atoms with van der Waals surface area (Å²) in [5, 5.41) is 2.90. The van der Waals surface area contributed by atoms with E-state index in [4.69, 9.17) is 10.5 Å². The standard InChI is InChI=1S/C17H28N2O2/c1-5-21-15(12(2)3)10-11-19-17(20)16(18)14-8-6-13(4)7-9-14/h6-9,12,15-16H,5,10-11,18H2,1-4H3,(H,19,20). The molecule has 0 aliphatic carbocycles. The minimum Gasteiger partial charge on any atom is -0.378 e. The molecule has 2 atom stereocenters. The lowest BCUT2D eigenvalue weighted by molar-refractivity contribution is -0.122. The molecule has 1 amide bonds. The lowest BCUT2D eigenvalue weighted by Gasteiger charge is -2.21. The van der Waals surface area contributed by atoms with E-state index in [1.165, 1.54) is 0 Å². The molecule has 0 spiro atoms. The van der Waals surface area contributed by atoms with Crippen LogP contribution in [-0.4, -0.2) is 25.2 Å². The van der Waals surface area contributed by atoms with Gasteiger partial charge < -0.3 is 15.8 Å². The topological polar surface area (TPSA) is 64.3 Å². The SMILES string of the molecule is CCOC(CCNC(=O)C(N)c1ccc(C)cc1)C(C)C. The van der Waals surface area contributed by atoms with Gasteiger partial charge in [0, 0.05) is 13.2 Å². The van der Waals surface area contributed by atoms with Crippen LogP contribution in [0.1, 0.15) is 44.4 Å². The number of nitrogens with one attached hydrogen (secondary N) is 1. The van der Waals surface area contributed by atoms with E-state index in [1.54, 1.807) is 0 Å². The van der Waals surface area contributed by atoms with Crippen LogP contribution < -0.4 is 11.1 Å². The zero-order valence-electron chi connectivity index (χ0n) is 13.6. The predicted molar refractivity (Wildman–Crippen MR) is 86.0 cm³/mol. The van der Waals surface area contributed by atoms with E-state index < -0.39 is 6.04 Å². The molecule has 0 fully saturated rings. The van der Waals surface area contributed by atoms with Crippen LogP contribution in [0.25, 0.3) is 0 Å². The van der Waals surface area contributed by atoms with Gasteiger partial charge in [-0.3, -0.25) is 4.79 Å². The van der Waals surface area contributed by atoms with Gasteiger partial charge in [0.05, 0.1) is 6.10 Å². The molecule has 1 rings (SSSR count). The van der Waals surface area contributed by atoms with Crippen LogP contribution >= 0.6 is 0 Å². The van der Waals surface area contributed by atoms with Crippen LogP contribution in [0.4, 0.5) is 0 Å². The molecule has 1 aromatic rings. The second kappa shape index (κ2) is 8.80. The molecule has 0 radical (unpaired) electrons. The van der Waals surface area contributed by atoms with Gasteiger partial charge in [-0.2, -0.15) is 0 Å². The van der Waals surface area contributed by atoms with Gasteiger partial charge in [-0.05, 0) is 31.7 Å². The van der Waals surface area contributed by atoms with Gasteiger partial charge in [0.15, 0.2) is 0 Å². The average molecular weight is 292 g/mol.